The van der Waals surface area contributed by atoms with Crippen molar-refractivity contribution in [2.24, 2.45) is 0 Å². The normalized spacial score (nSPS) is 14.6. The quantitative estimate of drug-likeness (QED) is 0.636. The van der Waals surface area contributed by atoms with Crippen LogP contribution in [0.25, 0.3) is 6.08 Å². The van der Waals surface area contributed by atoms with Crippen molar-refractivity contribution < 1.29 is 44.2 Å². The zero-order valence-electron chi connectivity index (χ0n) is 10.2. The van der Waals surface area contributed by atoms with Gasteiger partial charge in [0.2, 0.25) is 0 Å². The summed E-state index contributed by atoms with van der Waals surface area (Å²) in [6, 6.07) is 19.2. The molecule has 1 N–H and O–H groups in total. The number of para-hydroxylation sites is 1. The SMILES string of the molecule is C1=C[CH]([Ti+2][NH]c2ccccc2)c2ccccc21.[Cl-].[Cl-]. The minimum atomic E-state index is -0.225. The molecular formula is C15H13Cl2NTi. The summed E-state index contributed by atoms with van der Waals surface area (Å²) in [5.74, 6) is 0. The molecule has 2 aromatic rings. The topological polar surface area (TPSA) is 12.0 Å². The summed E-state index contributed by atoms with van der Waals surface area (Å²) in [7, 11) is 0. The van der Waals surface area contributed by atoms with E-state index in [2.05, 4.69) is 70.5 Å². The second-order valence-corrected chi connectivity index (χ2v) is 5.91. The molecule has 19 heavy (non-hydrogen) atoms. The molecule has 0 bridgehead atoms. The number of nitrogens with one attached hydrogen (secondary N) is 1. The van der Waals surface area contributed by atoms with Gasteiger partial charge < -0.3 is 24.8 Å². The molecule has 0 radical (unpaired) electrons. The zero-order valence-corrected chi connectivity index (χ0v) is 13.3. The van der Waals surface area contributed by atoms with E-state index in [0.717, 1.165) is 0 Å². The number of benzene rings is 2. The molecule has 1 atom stereocenters. The molecule has 1 unspecified atom stereocenters. The molecular weight excluding hydrogens is 313 g/mol. The molecule has 4 heteroatoms. The number of anilines is 1. The van der Waals surface area contributed by atoms with Gasteiger partial charge in [0.25, 0.3) is 0 Å². The van der Waals surface area contributed by atoms with Crippen LogP contribution in [-0.4, -0.2) is 0 Å². The van der Waals surface area contributed by atoms with Gasteiger partial charge in [0.15, 0.2) is 0 Å². The number of halogens is 2. The number of rotatable bonds is 3. The average molecular weight is 326 g/mol. The minimum absolute atomic E-state index is 0. The Hall–Kier alpha value is -0.726. The van der Waals surface area contributed by atoms with Crippen LogP contribution in [0.1, 0.15) is 15.3 Å². The van der Waals surface area contributed by atoms with Crippen molar-refractivity contribution in [1.29, 1.82) is 0 Å². The van der Waals surface area contributed by atoms with E-state index in [4.69, 9.17) is 0 Å². The number of hydrogen-bond acceptors (Lipinski definition) is 1. The predicted molar refractivity (Wildman–Crippen MR) is 68.3 cm³/mol. The van der Waals surface area contributed by atoms with Gasteiger partial charge in [0.1, 0.15) is 0 Å². The molecule has 3 rings (SSSR count). The Kier molecular flexibility index (Phi) is 6.67. The van der Waals surface area contributed by atoms with Crippen molar-refractivity contribution in [3.8, 4) is 0 Å². The van der Waals surface area contributed by atoms with Gasteiger partial charge in [-0.15, -0.1) is 0 Å². The Balaban J connectivity index is 0.000000902. The van der Waals surface area contributed by atoms with Crippen molar-refractivity contribution in [2.75, 3.05) is 3.80 Å². The van der Waals surface area contributed by atoms with Crippen LogP contribution in [0.4, 0.5) is 5.69 Å². The van der Waals surface area contributed by atoms with Crippen LogP contribution in [0.3, 0.4) is 0 Å². The summed E-state index contributed by atoms with van der Waals surface area (Å²) < 4.78 is 4.22. The third-order valence-corrected chi connectivity index (χ3v) is 4.89. The van der Waals surface area contributed by atoms with Gasteiger partial charge in [-0.1, -0.05) is 0 Å². The molecule has 0 aromatic heterocycles. The Morgan fingerprint density at radius 1 is 0.842 bits per heavy atom. The molecule has 0 spiro atoms. The largest absolute Gasteiger partial charge is 1.00 e. The number of allylic oxidation sites excluding steroid dienone is 1. The third-order valence-electron chi connectivity index (χ3n) is 2.95. The standard InChI is InChI=1S/C9H7.C6H6N.2ClH.Ti/c1-2-5-9-7-3-6-8(9)4-1;7-6-4-2-1-3-5-6;;;/h1-7H;1-5,7H;2*1H;/q;-1;;;+3/p-2. The molecule has 0 saturated carbocycles. The van der Waals surface area contributed by atoms with Crippen molar-refractivity contribution in [3.05, 3.63) is 71.8 Å². The summed E-state index contributed by atoms with van der Waals surface area (Å²) in [5, 5.41) is 0. The average Bonchev–Trinajstić information content (AvgIpc) is 2.81. The third kappa shape index (κ3) is 3.87. The van der Waals surface area contributed by atoms with Crippen LogP contribution in [0.2, 0.25) is 0 Å². The summed E-state index contributed by atoms with van der Waals surface area (Å²) in [5.41, 5.74) is 4.11. The summed E-state index contributed by atoms with van der Waals surface area (Å²) in [6.07, 6.45) is 4.58. The molecule has 0 heterocycles. The second kappa shape index (κ2) is 7.76. The van der Waals surface area contributed by atoms with Crippen molar-refractivity contribution in [1.82, 2.24) is 0 Å². The Morgan fingerprint density at radius 3 is 2.32 bits per heavy atom. The second-order valence-electron chi connectivity index (χ2n) is 4.10. The van der Waals surface area contributed by atoms with Crippen molar-refractivity contribution in [2.45, 2.75) is 4.22 Å². The van der Waals surface area contributed by atoms with Gasteiger partial charge in [0.05, 0.1) is 0 Å². The molecule has 0 saturated heterocycles. The van der Waals surface area contributed by atoms with Crippen LogP contribution in [0, 0.1) is 0 Å². The maximum Gasteiger partial charge on any atom is -1.00 e. The van der Waals surface area contributed by atoms with E-state index >= 15 is 0 Å². The van der Waals surface area contributed by atoms with Gasteiger partial charge in [-0.2, -0.15) is 0 Å². The molecule has 96 valence electrons. The van der Waals surface area contributed by atoms with Crippen molar-refractivity contribution >= 4 is 11.8 Å². The molecule has 1 aliphatic rings. The van der Waals surface area contributed by atoms with E-state index in [0.29, 0.717) is 4.22 Å². The van der Waals surface area contributed by atoms with Crippen molar-refractivity contribution in [3.63, 3.8) is 0 Å². The van der Waals surface area contributed by atoms with Crippen LogP contribution in [-0.2, 0) is 19.4 Å². The first-order valence-electron chi connectivity index (χ1n) is 5.77. The van der Waals surface area contributed by atoms with Crippen LogP contribution < -0.4 is 28.6 Å². The first-order chi connectivity index (χ1) is 8.43. The van der Waals surface area contributed by atoms with E-state index in [-0.39, 0.29) is 44.2 Å². The fourth-order valence-corrected chi connectivity index (χ4v) is 3.78. The maximum absolute atomic E-state index is 3.60. The molecule has 1 aliphatic carbocycles. The van der Waals surface area contributed by atoms with Crippen LogP contribution >= 0.6 is 0 Å². The van der Waals surface area contributed by atoms with E-state index in [1.165, 1.54) is 16.8 Å². The van der Waals surface area contributed by atoms with Crippen LogP contribution in [0.15, 0.2) is 60.7 Å². The van der Waals surface area contributed by atoms with Gasteiger partial charge in [-0.05, 0) is 0 Å². The van der Waals surface area contributed by atoms with E-state index in [1.54, 1.807) is 0 Å². The maximum atomic E-state index is 3.60. The molecule has 0 fully saturated rings. The monoisotopic (exact) mass is 325 g/mol. The summed E-state index contributed by atoms with van der Waals surface area (Å²) in [4.78, 5) is 0. The van der Waals surface area contributed by atoms with Gasteiger partial charge >= 0.3 is 111 Å². The Labute approximate surface area is 135 Å². The number of fused-ring (bicyclic) bond motifs is 1. The van der Waals surface area contributed by atoms with E-state index < -0.39 is 0 Å². The van der Waals surface area contributed by atoms with Gasteiger partial charge in [-0.25, -0.2) is 0 Å². The predicted octanol–water partition coefficient (Wildman–Crippen LogP) is -2.13. The molecule has 2 aromatic carbocycles. The molecule has 1 nitrogen and oxygen atoms in total. The summed E-state index contributed by atoms with van der Waals surface area (Å²) >= 11 is -0.225. The van der Waals surface area contributed by atoms with Gasteiger partial charge in [-0.3, -0.25) is 0 Å². The zero-order chi connectivity index (χ0) is 11.5. The van der Waals surface area contributed by atoms with Crippen LogP contribution in [0.5, 0.6) is 0 Å². The first-order valence-corrected chi connectivity index (χ1v) is 7.45. The van der Waals surface area contributed by atoms with Gasteiger partial charge in [0, 0.05) is 0 Å². The fraction of sp³-hybridized carbons (Fsp3) is 0.0667. The van der Waals surface area contributed by atoms with E-state index in [9.17, 15) is 0 Å². The summed E-state index contributed by atoms with van der Waals surface area (Å²) in [6.45, 7) is 0. The molecule has 0 aliphatic heterocycles. The Morgan fingerprint density at radius 2 is 1.53 bits per heavy atom. The first kappa shape index (κ1) is 16.3. The Bertz CT molecular complexity index is 543. The van der Waals surface area contributed by atoms with E-state index in [1.807, 2.05) is 0 Å². The molecule has 0 amide bonds. The smallest absolute Gasteiger partial charge is 1.00 e. The number of hydrogen-bond donors (Lipinski definition) is 1. The minimum Gasteiger partial charge on any atom is -1.00 e. The fourth-order valence-electron chi connectivity index (χ4n) is 2.06.